The summed E-state index contributed by atoms with van der Waals surface area (Å²) in [5, 5.41) is 0.645. The van der Waals surface area contributed by atoms with Gasteiger partial charge in [-0.15, -0.1) is 0 Å². The van der Waals surface area contributed by atoms with Crippen molar-refractivity contribution < 1.29 is 23.1 Å². The Hall–Kier alpha value is -1.13. The van der Waals surface area contributed by atoms with Crippen molar-refractivity contribution in [3.05, 3.63) is 40.9 Å². The minimum Gasteiger partial charge on any atom is -0.463 e. The molecular formula is C13H16ClO5P. The Bertz CT molecular complexity index is 530. The van der Waals surface area contributed by atoms with Crippen LogP contribution in [0.4, 0.5) is 0 Å². The van der Waals surface area contributed by atoms with E-state index in [1.54, 1.807) is 31.2 Å². The summed E-state index contributed by atoms with van der Waals surface area (Å²) in [4.78, 5) is 11.6. The molecule has 0 aliphatic carbocycles. The Morgan fingerprint density at radius 3 is 2.25 bits per heavy atom. The Morgan fingerprint density at radius 1 is 1.25 bits per heavy atom. The molecule has 1 rings (SSSR count). The summed E-state index contributed by atoms with van der Waals surface area (Å²) in [5.74, 6) is -0.619. The molecule has 0 aliphatic rings. The van der Waals surface area contributed by atoms with Crippen LogP contribution in [0.25, 0.3) is 5.31 Å². The molecule has 0 radical (unpaired) electrons. The van der Waals surface area contributed by atoms with Gasteiger partial charge in [-0.1, -0.05) is 23.7 Å². The molecule has 0 saturated heterocycles. The number of benzene rings is 1. The third-order valence-electron chi connectivity index (χ3n) is 2.46. The molecule has 0 amide bonds. The molecule has 0 fully saturated rings. The van der Waals surface area contributed by atoms with Crippen LogP contribution in [-0.2, 0) is 23.1 Å². The summed E-state index contributed by atoms with van der Waals surface area (Å²) in [5.41, 5.74) is 0.509. The third kappa shape index (κ3) is 4.18. The summed E-state index contributed by atoms with van der Waals surface area (Å²) in [6, 6.07) is 6.48. The van der Waals surface area contributed by atoms with Crippen LogP contribution >= 0.6 is 19.2 Å². The zero-order valence-corrected chi connectivity index (χ0v) is 13.1. The van der Waals surface area contributed by atoms with E-state index in [1.807, 2.05) is 0 Å². The van der Waals surface area contributed by atoms with E-state index in [0.717, 1.165) is 6.08 Å². The highest BCUT2D eigenvalue weighted by Crippen LogP contribution is 2.59. The van der Waals surface area contributed by atoms with Gasteiger partial charge in [0.25, 0.3) is 0 Å². The van der Waals surface area contributed by atoms with Crippen LogP contribution < -0.4 is 0 Å². The standard InChI is InChI=1S/C13H16ClO5P/c1-4-19-13(15)9-12(20(16,17-2)18-3)10-5-7-11(14)8-6-10/h5-9H,4H2,1-3H3/b12-9+. The number of ether oxygens (including phenoxy) is 1. The second-order valence-corrected chi connectivity index (χ2v) is 6.29. The maximum absolute atomic E-state index is 12.5. The van der Waals surface area contributed by atoms with E-state index in [1.165, 1.54) is 14.2 Å². The minimum atomic E-state index is -3.59. The molecule has 0 atom stereocenters. The quantitative estimate of drug-likeness (QED) is 0.454. The van der Waals surface area contributed by atoms with Crippen LogP contribution in [0.2, 0.25) is 5.02 Å². The minimum absolute atomic E-state index is 0.123. The molecule has 110 valence electrons. The van der Waals surface area contributed by atoms with Gasteiger partial charge in [-0.05, 0) is 24.6 Å². The molecule has 0 aliphatic heterocycles. The molecule has 1 aromatic rings. The number of hydrogen-bond donors (Lipinski definition) is 0. The Labute approximate surface area is 123 Å². The maximum atomic E-state index is 12.5. The fourth-order valence-electron chi connectivity index (χ4n) is 1.51. The van der Waals surface area contributed by atoms with Gasteiger partial charge in [0.1, 0.15) is 0 Å². The van der Waals surface area contributed by atoms with E-state index in [9.17, 15) is 9.36 Å². The molecule has 0 aromatic heterocycles. The molecule has 0 heterocycles. The predicted octanol–water partition coefficient (Wildman–Crippen LogP) is 3.73. The number of rotatable bonds is 6. The lowest BCUT2D eigenvalue weighted by molar-refractivity contribution is -0.137. The largest absolute Gasteiger partial charge is 0.463 e. The van der Waals surface area contributed by atoms with E-state index >= 15 is 0 Å². The van der Waals surface area contributed by atoms with Crippen LogP contribution in [0.5, 0.6) is 0 Å². The van der Waals surface area contributed by atoms with Crippen LogP contribution in [-0.4, -0.2) is 26.8 Å². The van der Waals surface area contributed by atoms with E-state index < -0.39 is 13.6 Å². The van der Waals surface area contributed by atoms with Crippen molar-refractivity contribution in [1.29, 1.82) is 0 Å². The molecule has 1 aromatic carbocycles. The van der Waals surface area contributed by atoms with E-state index in [4.69, 9.17) is 25.4 Å². The number of halogens is 1. The summed E-state index contributed by atoms with van der Waals surface area (Å²) < 4.78 is 27.2. The van der Waals surface area contributed by atoms with E-state index in [2.05, 4.69) is 0 Å². The van der Waals surface area contributed by atoms with Crippen molar-refractivity contribution >= 4 is 30.5 Å². The molecule has 0 N–H and O–H groups in total. The van der Waals surface area contributed by atoms with Gasteiger partial charge in [-0.25, -0.2) is 4.79 Å². The summed E-state index contributed by atoms with van der Waals surface area (Å²) in [6.07, 6.45) is 1.11. The molecule has 0 saturated carbocycles. The lowest BCUT2D eigenvalue weighted by atomic mass is 10.2. The topological polar surface area (TPSA) is 61.8 Å². The fraction of sp³-hybridized carbons (Fsp3) is 0.308. The molecule has 0 bridgehead atoms. The zero-order chi connectivity index (χ0) is 15.2. The van der Waals surface area contributed by atoms with Crippen molar-refractivity contribution in [2.24, 2.45) is 0 Å². The maximum Gasteiger partial charge on any atom is 0.361 e. The SMILES string of the molecule is CCOC(=O)/C=C(\c1ccc(Cl)cc1)P(=O)(OC)OC. The predicted molar refractivity (Wildman–Crippen MR) is 77.7 cm³/mol. The summed E-state index contributed by atoms with van der Waals surface area (Å²) >= 11 is 5.81. The Balaban J connectivity index is 3.31. The molecule has 20 heavy (non-hydrogen) atoms. The normalized spacial score (nSPS) is 12.3. The first-order valence-electron chi connectivity index (χ1n) is 5.83. The molecule has 0 unspecified atom stereocenters. The fourth-order valence-corrected chi connectivity index (χ4v) is 2.91. The zero-order valence-electron chi connectivity index (χ0n) is 11.5. The highest BCUT2D eigenvalue weighted by molar-refractivity contribution is 7.65. The summed E-state index contributed by atoms with van der Waals surface area (Å²) in [6.45, 7) is 1.90. The van der Waals surface area contributed by atoms with Gasteiger partial charge in [-0.3, -0.25) is 4.57 Å². The highest BCUT2D eigenvalue weighted by atomic mass is 35.5. The van der Waals surface area contributed by atoms with Crippen molar-refractivity contribution in [3.63, 3.8) is 0 Å². The van der Waals surface area contributed by atoms with E-state index in [-0.39, 0.29) is 11.9 Å². The molecule has 0 spiro atoms. The lowest BCUT2D eigenvalue weighted by Crippen LogP contribution is -2.02. The van der Waals surface area contributed by atoms with E-state index in [0.29, 0.717) is 10.6 Å². The first-order valence-corrected chi connectivity index (χ1v) is 7.75. The van der Waals surface area contributed by atoms with Crippen molar-refractivity contribution in [2.75, 3.05) is 20.8 Å². The average Bonchev–Trinajstić information content (AvgIpc) is 2.45. The van der Waals surface area contributed by atoms with Crippen LogP contribution in [0, 0.1) is 0 Å². The van der Waals surface area contributed by atoms with Gasteiger partial charge in [0, 0.05) is 25.3 Å². The first kappa shape index (κ1) is 16.9. The van der Waals surface area contributed by atoms with Crippen LogP contribution in [0.15, 0.2) is 30.3 Å². The van der Waals surface area contributed by atoms with Gasteiger partial charge < -0.3 is 13.8 Å². The van der Waals surface area contributed by atoms with Gasteiger partial charge in [0.15, 0.2) is 0 Å². The second kappa shape index (κ2) is 7.60. The lowest BCUT2D eigenvalue weighted by Gasteiger charge is -2.17. The number of hydrogen-bond acceptors (Lipinski definition) is 5. The van der Waals surface area contributed by atoms with Gasteiger partial charge in [-0.2, -0.15) is 0 Å². The number of carbonyl (C=O) groups is 1. The smallest absolute Gasteiger partial charge is 0.361 e. The summed E-state index contributed by atoms with van der Waals surface area (Å²) in [7, 11) is -1.09. The van der Waals surface area contributed by atoms with Crippen LogP contribution in [0.3, 0.4) is 0 Å². The van der Waals surface area contributed by atoms with Crippen molar-refractivity contribution in [1.82, 2.24) is 0 Å². The Morgan fingerprint density at radius 2 is 1.80 bits per heavy atom. The molecule has 7 heteroatoms. The molecule has 5 nitrogen and oxygen atoms in total. The first-order chi connectivity index (χ1) is 9.46. The third-order valence-corrected chi connectivity index (χ3v) is 4.65. The van der Waals surface area contributed by atoms with Gasteiger partial charge >= 0.3 is 13.6 Å². The van der Waals surface area contributed by atoms with Crippen molar-refractivity contribution in [2.45, 2.75) is 6.92 Å². The average molecular weight is 319 g/mol. The Kier molecular flexibility index (Phi) is 6.43. The highest BCUT2D eigenvalue weighted by Gasteiger charge is 2.30. The van der Waals surface area contributed by atoms with Gasteiger partial charge in [0.05, 0.1) is 11.9 Å². The monoisotopic (exact) mass is 318 g/mol. The number of esters is 1. The second-order valence-electron chi connectivity index (χ2n) is 3.65. The van der Waals surface area contributed by atoms with Crippen molar-refractivity contribution in [3.8, 4) is 0 Å². The van der Waals surface area contributed by atoms with Gasteiger partial charge in [0.2, 0.25) is 0 Å². The number of carbonyl (C=O) groups excluding carboxylic acids is 1. The van der Waals surface area contributed by atoms with Crippen LogP contribution in [0.1, 0.15) is 12.5 Å². The molecular weight excluding hydrogens is 303 g/mol.